The highest BCUT2D eigenvalue weighted by Crippen LogP contribution is 2.42. The van der Waals surface area contributed by atoms with E-state index in [2.05, 4.69) is 12.0 Å². The van der Waals surface area contributed by atoms with Crippen LogP contribution in [0, 0.1) is 11.3 Å². The van der Waals surface area contributed by atoms with Gasteiger partial charge in [0, 0.05) is 29.6 Å². The van der Waals surface area contributed by atoms with Gasteiger partial charge in [0.2, 0.25) is 5.91 Å². The van der Waals surface area contributed by atoms with E-state index < -0.39 is 0 Å². The number of carbonyl (C=O) groups excluding carboxylic acids is 2. The van der Waals surface area contributed by atoms with E-state index in [-0.39, 0.29) is 35.5 Å². The first-order valence-corrected chi connectivity index (χ1v) is 11.8. The van der Waals surface area contributed by atoms with Crippen molar-refractivity contribution in [2.24, 2.45) is 11.3 Å². The average Bonchev–Trinajstić information content (AvgIpc) is 3.50. The molecule has 2 amide bonds. The Morgan fingerprint density at radius 2 is 1.97 bits per heavy atom. The van der Waals surface area contributed by atoms with Gasteiger partial charge in [0.15, 0.2) is 0 Å². The molecule has 3 heterocycles. The van der Waals surface area contributed by atoms with Crippen molar-refractivity contribution < 1.29 is 19.1 Å². The predicted octanol–water partition coefficient (Wildman–Crippen LogP) is 4.08. The van der Waals surface area contributed by atoms with E-state index in [0.29, 0.717) is 12.2 Å². The van der Waals surface area contributed by atoms with Crippen LogP contribution in [0.15, 0.2) is 30.6 Å². The molecule has 0 spiro atoms. The Morgan fingerprint density at radius 1 is 1.21 bits per heavy atom. The number of carbonyl (C=O) groups is 2. The van der Waals surface area contributed by atoms with E-state index in [0.717, 1.165) is 49.4 Å². The molecular formula is C25H32N4O4. The Hall–Kier alpha value is -2.87. The van der Waals surface area contributed by atoms with Crippen molar-refractivity contribution in [2.75, 3.05) is 29.6 Å². The van der Waals surface area contributed by atoms with Crippen molar-refractivity contribution in [2.45, 2.75) is 59.2 Å². The average molecular weight is 453 g/mol. The molecule has 0 unspecified atom stereocenters. The monoisotopic (exact) mass is 452 g/mol. The minimum absolute atomic E-state index is 0.101. The number of fused-ring (bicyclic) bond motifs is 1. The summed E-state index contributed by atoms with van der Waals surface area (Å²) in [4.78, 5) is 29.6. The van der Waals surface area contributed by atoms with Crippen LogP contribution in [0.5, 0.6) is 0 Å². The SMILES string of the molecule is CC(C)OC(=O)N1C[C@H](C)N(C(=O)C2CC2)c2ccc(-c3cnn(CC4(C)COC4)c3)cc21. The molecule has 1 aromatic carbocycles. The molecule has 1 saturated heterocycles. The molecule has 0 radical (unpaired) electrons. The minimum atomic E-state index is -0.387. The third-order valence-corrected chi connectivity index (χ3v) is 6.55. The summed E-state index contributed by atoms with van der Waals surface area (Å²) in [6.45, 7) is 10.6. The summed E-state index contributed by atoms with van der Waals surface area (Å²) in [6.07, 6.45) is 5.15. The van der Waals surface area contributed by atoms with Gasteiger partial charge in [-0.15, -0.1) is 0 Å². The summed E-state index contributed by atoms with van der Waals surface area (Å²) in [5, 5.41) is 4.54. The second kappa shape index (κ2) is 8.17. The van der Waals surface area contributed by atoms with Gasteiger partial charge >= 0.3 is 6.09 Å². The molecule has 2 fully saturated rings. The van der Waals surface area contributed by atoms with Crippen LogP contribution in [0.1, 0.15) is 40.5 Å². The molecule has 3 aliphatic rings. The molecule has 1 aliphatic carbocycles. The number of amides is 2. The van der Waals surface area contributed by atoms with Crippen LogP contribution in [-0.2, 0) is 20.8 Å². The molecule has 2 aliphatic heterocycles. The van der Waals surface area contributed by atoms with E-state index in [1.165, 1.54) is 0 Å². The quantitative estimate of drug-likeness (QED) is 0.683. The highest BCUT2D eigenvalue weighted by Gasteiger charge is 2.41. The van der Waals surface area contributed by atoms with Crippen LogP contribution in [0.25, 0.3) is 11.1 Å². The van der Waals surface area contributed by atoms with Crippen LogP contribution in [0.3, 0.4) is 0 Å². The van der Waals surface area contributed by atoms with Gasteiger partial charge in [0.1, 0.15) is 0 Å². The maximum atomic E-state index is 13.1. The molecule has 0 bridgehead atoms. The van der Waals surface area contributed by atoms with Gasteiger partial charge in [-0.1, -0.05) is 13.0 Å². The first-order chi connectivity index (χ1) is 15.7. The fourth-order valence-corrected chi connectivity index (χ4v) is 4.64. The molecule has 1 aromatic heterocycles. The number of nitrogens with zero attached hydrogens (tertiary/aromatic N) is 4. The summed E-state index contributed by atoms with van der Waals surface area (Å²) < 4.78 is 12.8. The first-order valence-electron chi connectivity index (χ1n) is 11.8. The normalized spacial score (nSPS) is 21.5. The lowest BCUT2D eigenvalue weighted by molar-refractivity contribution is -0.120. The molecule has 1 atom stereocenters. The second-order valence-electron chi connectivity index (χ2n) is 10.3. The molecular weight excluding hydrogens is 420 g/mol. The highest BCUT2D eigenvalue weighted by molar-refractivity contribution is 6.05. The van der Waals surface area contributed by atoms with E-state index in [9.17, 15) is 9.59 Å². The topological polar surface area (TPSA) is 76.9 Å². The summed E-state index contributed by atoms with van der Waals surface area (Å²) >= 11 is 0. The van der Waals surface area contributed by atoms with Crippen LogP contribution in [0.2, 0.25) is 0 Å². The number of aromatic nitrogens is 2. The van der Waals surface area contributed by atoms with Crippen molar-refractivity contribution >= 4 is 23.4 Å². The smallest absolute Gasteiger partial charge is 0.414 e. The Kier molecular flexibility index (Phi) is 5.43. The van der Waals surface area contributed by atoms with E-state index in [4.69, 9.17) is 9.47 Å². The van der Waals surface area contributed by atoms with Crippen molar-refractivity contribution in [3.8, 4) is 11.1 Å². The fraction of sp³-hybridized carbons (Fsp3) is 0.560. The van der Waals surface area contributed by atoms with E-state index in [1.54, 1.807) is 4.90 Å². The lowest BCUT2D eigenvalue weighted by Gasteiger charge is -2.41. The fourth-order valence-electron chi connectivity index (χ4n) is 4.64. The summed E-state index contributed by atoms with van der Waals surface area (Å²) in [5.74, 6) is 0.251. The Balaban J connectivity index is 1.49. The van der Waals surface area contributed by atoms with Crippen molar-refractivity contribution in [1.29, 1.82) is 0 Å². The third kappa shape index (κ3) is 4.24. The minimum Gasteiger partial charge on any atom is -0.446 e. The Morgan fingerprint density at radius 3 is 2.61 bits per heavy atom. The van der Waals surface area contributed by atoms with Gasteiger partial charge in [0.25, 0.3) is 0 Å². The molecule has 0 N–H and O–H groups in total. The number of rotatable bonds is 5. The molecule has 1 saturated carbocycles. The van der Waals surface area contributed by atoms with E-state index in [1.807, 2.05) is 60.9 Å². The molecule has 8 nitrogen and oxygen atoms in total. The van der Waals surface area contributed by atoms with Crippen LogP contribution >= 0.6 is 0 Å². The number of hydrogen-bond acceptors (Lipinski definition) is 5. The Bertz CT molecular complexity index is 1070. The summed E-state index contributed by atoms with van der Waals surface area (Å²) in [7, 11) is 0. The number of anilines is 2. The maximum Gasteiger partial charge on any atom is 0.414 e. The van der Waals surface area contributed by atoms with Crippen LogP contribution in [0.4, 0.5) is 16.2 Å². The van der Waals surface area contributed by atoms with Gasteiger partial charge in [-0.25, -0.2) is 4.79 Å². The summed E-state index contributed by atoms with van der Waals surface area (Å²) in [6, 6.07) is 5.82. The number of ether oxygens (including phenoxy) is 2. The zero-order chi connectivity index (χ0) is 23.3. The van der Waals surface area contributed by atoms with Crippen molar-refractivity contribution in [3.05, 3.63) is 30.6 Å². The molecule has 176 valence electrons. The largest absolute Gasteiger partial charge is 0.446 e. The second-order valence-corrected chi connectivity index (χ2v) is 10.3. The zero-order valence-electron chi connectivity index (χ0n) is 19.8. The van der Waals surface area contributed by atoms with Crippen molar-refractivity contribution in [3.63, 3.8) is 0 Å². The van der Waals surface area contributed by atoms with Crippen LogP contribution < -0.4 is 9.80 Å². The Labute approximate surface area is 194 Å². The standard InChI is InChI=1S/C25H32N4O4/c1-16(2)33-24(31)28-11-17(3)29(23(30)18-5-6-18)21-8-7-19(9-22(21)28)20-10-26-27(12-20)13-25(4)14-32-15-25/h7-10,12,16-18H,5-6,11,13-15H2,1-4H3/t17-/m0/s1. The predicted molar refractivity (Wildman–Crippen MR) is 125 cm³/mol. The summed E-state index contributed by atoms with van der Waals surface area (Å²) in [5.41, 5.74) is 3.51. The highest BCUT2D eigenvalue weighted by atomic mass is 16.6. The molecule has 33 heavy (non-hydrogen) atoms. The molecule has 8 heteroatoms. The number of benzene rings is 1. The van der Waals surface area contributed by atoms with Gasteiger partial charge in [-0.05, 0) is 51.3 Å². The van der Waals surface area contributed by atoms with Crippen molar-refractivity contribution in [1.82, 2.24) is 9.78 Å². The molecule has 2 aromatic rings. The lowest BCUT2D eigenvalue weighted by Crippen LogP contribution is -2.52. The van der Waals surface area contributed by atoms with E-state index >= 15 is 0 Å². The number of hydrogen-bond donors (Lipinski definition) is 0. The van der Waals surface area contributed by atoms with Gasteiger partial charge < -0.3 is 14.4 Å². The third-order valence-electron chi connectivity index (χ3n) is 6.55. The molecule has 5 rings (SSSR count). The first kappa shape index (κ1) is 21.9. The van der Waals surface area contributed by atoms with Gasteiger partial charge in [0.05, 0.1) is 49.5 Å². The lowest BCUT2D eigenvalue weighted by atomic mass is 9.89. The van der Waals surface area contributed by atoms with Gasteiger partial charge in [-0.2, -0.15) is 5.10 Å². The van der Waals surface area contributed by atoms with Gasteiger partial charge in [-0.3, -0.25) is 14.4 Å². The van der Waals surface area contributed by atoms with Crippen LogP contribution in [-0.4, -0.2) is 53.7 Å². The maximum absolute atomic E-state index is 13.1. The zero-order valence-corrected chi connectivity index (χ0v) is 19.8.